The van der Waals surface area contributed by atoms with E-state index < -0.39 is 6.10 Å². The van der Waals surface area contributed by atoms with E-state index in [0.717, 1.165) is 12.0 Å². The van der Waals surface area contributed by atoms with Gasteiger partial charge in [0.1, 0.15) is 0 Å². The molecule has 0 saturated carbocycles. The Bertz CT molecular complexity index is 519. The Morgan fingerprint density at radius 2 is 1.71 bits per heavy atom. The molecule has 0 fully saturated rings. The lowest BCUT2D eigenvalue weighted by Crippen LogP contribution is -2.31. The van der Waals surface area contributed by atoms with E-state index in [4.69, 9.17) is 0 Å². The Morgan fingerprint density at radius 3 is 2.29 bits per heavy atom. The van der Waals surface area contributed by atoms with Crippen molar-refractivity contribution in [2.75, 3.05) is 6.54 Å². The Kier molecular flexibility index (Phi) is 5.97. The number of thiophene rings is 1. The molecule has 1 aromatic carbocycles. The van der Waals surface area contributed by atoms with Crippen LogP contribution in [0.25, 0.3) is 0 Å². The molecule has 2 rings (SSSR count). The van der Waals surface area contributed by atoms with E-state index in [-0.39, 0.29) is 0 Å². The van der Waals surface area contributed by atoms with Crippen LogP contribution in [0, 0.1) is 0 Å². The van der Waals surface area contributed by atoms with Gasteiger partial charge in [0.25, 0.3) is 0 Å². The average molecular weight is 303 g/mol. The summed E-state index contributed by atoms with van der Waals surface area (Å²) >= 11 is 1.78. The Hall–Kier alpha value is -1.16. The third kappa shape index (κ3) is 4.95. The molecule has 114 valence electrons. The molecule has 0 bridgehead atoms. The monoisotopic (exact) mass is 303 g/mol. The third-order valence-electron chi connectivity index (χ3n) is 3.74. The minimum absolute atomic E-state index is 0.369. The highest BCUT2D eigenvalue weighted by atomic mass is 32.1. The fraction of sp³-hybridized carbons (Fsp3) is 0.444. The van der Waals surface area contributed by atoms with Crippen molar-refractivity contribution < 1.29 is 5.11 Å². The maximum absolute atomic E-state index is 10.3. The number of benzene rings is 1. The number of nitrogens with one attached hydrogen (secondary N) is 1. The zero-order valence-corrected chi connectivity index (χ0v) is 13.9. The van der Waals surface area contributed by atoms with E-state index in [0.29, 0.717) is 18.5 Å². The average Bonchev–Trinajstić information content (AvgIpc) is 2.97. The molecular weight excluding hydrogens is 278 g/mol. The molecule has 3 heteroatoms. The van der Waals surface area contributed by atoms with E-state index in [1.165, 1.54) is 10.4 Å². The van der Waals surface area contributed by atoms with Crippen molar-refractivity contribution in [2.24, 2.45) is 0 Å². The fourth-order valence-corrected chi connectivity index (χ4v) is 3.17. The van der Waals surface area contributed by atoms with E-state index in [2.05, 4.69) is 55.7 Å². The maximum Gasteiger partial charge on any atom is 0.0914 e. The Morgan fingerprint density at radius 1 is 1.05 bits per heavy atom. The predicted octanol–water partition coefficient (Wildman–Crippen LogP) is 4.13. The van der Waals surface area contributed by atoms with Crippen LogP contribution < -0.4 is 5.32 Å². The van der Waals surface area contributed by atoms with Crippen LogP contribution in [0.15, 0.2) is 41.8 Å². The Balaban J connectivity index is 1.82. The molecule has 1 aromatic heterocycles. The van der Waals surface area contributed by atoms with Crippen molar-refractivity contribution >= 4 is 11.3 Å². The molecule has 2 atom stereocenters. The first kappa shape index (κ1) is 16.2. The van der Waals surface area contributed by atoms with E-state index in [9.17, 15) is 5.11 Å². The molecule has 0 aliphatic carbocycles. The summed E-state index contributed by atoms with van der Waals surface area (Å²) in [6.45, 7) is 7.11. The summed E-state index contributed by atoms with van der Waals surface area (Å²) in [5.41, 5.74) is 2.29. The van der Waals surface area contributed by atoms with Crippen LogP contribution >= 0.6 is 11.3 Å². The summed E-state index contributed by atoms with van der Waals surface area (Å²) < 4.78 is 0. The van der Waals surface area contributed by atoms with Gasteiger partial charge < -0.3 is 10.4 Å². The van der Waals surface area contributed by atoms with Gasteiger partial charge in [-0.2, -0.15) is 0 Å². The molecule has 2 N–H and O–H groups in total. The zero-order valence-electron chi connectivity index (χ0n) is 13.0. The standard InChI is InChI=1S/C18H25NOS/c1-13(2)15-6-8-16(9-7-15)18(20)12-19-14(3)11-17-5-4-10-21-17/h4-10,13-14,18-20H,11-12H2,1-3H3. The lowest BCUT2D eigenvalue weighted by atomic mass is 10.00. The second-order valence-corrected chi connectivity index (χ2v) is 6.96. The van der Waals surface area contributed by atoms with Gasteiger partial charge in [0.2, 0.25) is 0 Å². The van der Waals surface area contributed by atoms with E-state index in [1.54, 1.807) is 11.3 Å². The lowest BCUT2D eigenvalue weighted by Gasteiger charge is -2.17. The molecule has 2 aromatic rings. The van der Waals surface area contributed by atoms with Gasteiger partial charge in [-0.3, -0.25) is 0 Å². The van der Waals surface area contributed by atoms with Crippen LogP contribution in [0.2, 0.25) is 0 Å². The first-order chi connectivity index (χ1) is 10.1. The molecule has 0 aliphatic heterocycles. The quantitative estimate of drug-likeness (QED) is 0.806. The fourth-order valence-electron chi connectivity index (χ4n) is 2.34. The number of rotatable bonds is 7. The number of hydrogen-bond donors (Lipinski definition) is 2. The van der Waals surface area contributed by atoms with Crippen molar-refractivity contribution in [3.8, 4) is 0 Å². The number of aliphatic hydroxyl groups is 1. The molecular formula is C18H25NOS. The third-order valence-corrected chi connectivity index (χ3v) is 4.63. The first-order valence-corrected chi connectivity index (χ1v) is 8.48. The summed E-state index contributed by atoms with van der Waals surface area (Å²) in [5, 5.41) is 15.8. The van der Waals surface area contributed by atoms with Gasteiger partial charge in [-0.15, -0.1) is 11.3 Å². The number of hydrogen-bond acceptors (Lipinski definition) is 3. The van der Waals surface area contributed by atoms with Gasteiger partial charge in [-0.25, -0.2) is 0 Å². The van der Waals surface area contributed by atoms with Crippen molar-refractivity contribution in [3.05, 3.63) is 57.8 Å². The van der Waals surface area contributed by atoms with Crippen LogP contribution in [-0.4, -0.2) is 17.7 Å². The second-order valence-electron chi connectivity index (χ2n) is 5.93. The van der Waals surface area contributed by atoms with Gasteiger partial charge in [0.05, 0.1) is 6.10 Å². The largest absolute Gasteiger partial charge is 0.387 e. The molecule has 21 heavy (non-hydrogen) atoms. The van der Waals surface area contributed by atoms with Crippen molar-refractivity contribution in [2.45, 2.75) is 45.3 Å². The summed E-state index contributed by atoms with van der Waals surface area (Å²) in [4.78, 5) is 1.38. The molecule has 0 aliphatic rings. The summed E-state index contributed by atoms with van der Waals surface area (Å²) in [5.74, 6) is 0.528. The first-order valence-electron chi connectivity index (χ1n) is 7.60. The minimum Gasteiger partial charge on any atom is -0.387 e. The molecule has 0 radical (unpaired) electrons. The molecule has 0 spiro atoms. The van der Waals surface area contributed by atoms with Crippen molar-refractivity contribution in [3.63, 3.8) is 0 Å². The highest BCUT2D eigenvalue weighted by Crippen LogP contribution is 2.18. The summed E-state index contributed by atoms with van der Waals surface area (Å²) in [7, 11) is 0. The van der Waals surface area contributed by atoms with Gasteiger partial charge in [-0.05, 0) is 41.8 Å². The highest BCUT2D eigenvalue weighted by molar-refractivity contribution is 7.09. The van der Waals surface area contributed by atoms with Crippen LogP contribution in [0.4, 0.5) is 0 Å². The summed E-state index contributed by atoms with van der Waals surface area (Å²) in [6, 6.07) is 12.9. The zero-order chi connectivity index (χ0) is 15.2. The van der Waals surface area contributed by atoms with Crippen LogP contribution in [0.3, 0.4) is 0 Å². The van der Waals surface area contributed by atoms with E-state index in [1.807, 2.05) is 12.1 Å². The SMILES string of the molecule is CC(Cc1cccs1)NCC(O)c1ccc(C(C)C)cc1. The minimum atomic E-state index is -0.447. The maximum atomic E-state index is 10.3. The van der Waals surface area contributed by atoms with Crippen molar-refractivity contribution in [1.29, 1.82) is 0 Å². The van der Waals surface area contributed by atoms with Crippen LogP contribution in [0.5, 0.6) is 0 Å². The topological polar surface area (TPSA) is 32.3 Å². The molecule has 1 heterocycles. The summed E-state index contributed by atoms with van der Waals surface area (Å²) in [6.07, 6.45) is 0.563. The van der Waals surface area contributed by atoms with Crippen LogP contribution in [-0.2, 0) is 6.42 Å². The highest BCUT2D eigenvalue weighted by Gasteiger charge is 2.10. The van der Waals surface area contributed by atoms with Gasteiger partial charge >= 0.3 is 0 Å². The molecule has 2 unspecified atom stereocenters. The predicted molar refractivity (Wildman–Crippen MR) is 91.0 cm³/mol. The van der Waals surface area contributed by atoms with Crippen molar-refractivity contribution in [1.82, 2.24) is 5.32 Å². The molecule has 0 saturated heterocycles. The smallest absolute Gasteiger partial charge is 0.0914 e. The lowest BCUT2D eigenvalue weighted by molar-refractivity contribution is 0.170. The normalized spacial score (nSPS) is 14.3. The molecule has 0 amide bonds. The van der Waals surface area contributed by atoms with E-state index >= 15 is 0 Å². The Labute approximate surface area is 131 Å². The molecule has 2 nitrogen and oxygen atoms in total. The van der Waals surface area contributed by atoms with Gasteiger partial charge in [-0.1, -0.05) is 44.2 Å². The second kappa shape index (κ2) is 7.74. The van der Waals surface area contributed by atoms with Crippen LogP contribution in [0.1, 0.15) is 48.8 Å². The number of aliphatic hydroxyl groups excluding tert-OH is 1. The van der Waals surface area contributed by atoms with Gasteiger partial charge in [0, 0.05) is 17.5 Å². The van der Waals surface area contributed by atoms with Gasteiger partial charge in [0.15, 0.2) is 0 Å².